The molecule has 1 amide bonds. The third-order valence-corrected chi connectivity index (χ3v) is 4.95. The number of nitrogens with zero attached hydrogens (tertiary/aromatic N) is 2. The SMILES string of the molecule is CCN(C(=O)[C@H]1CCN(C)[C@@H](C)C1)C1CCCC1. The first-order valence-electron chi connectivity index (χ1n) is 7.64. The lowest BCUT2D eigenvalue weighted by Crippen LogP contribution is -2.47. The van der Waals surface area contributed by atoms with Crippen molar-refractivity contribution in [1.82, 2.24) is 9.80 Å². The Morgan fingerprint density at radius 2 is 1.94 bits per heavy atom. The maximum atomic E-state index is 12.7. The highest BCUT2D eigenvalue weighted by molar-refractivity contribution is 5.79. The van der Waals surface area contributed by atoms with Crippen molar-refractivity contribution in [2.24, 2.45) is 5.92 Å². The van der Waals surface area contributed by atoms with Crippen molar-refractivity contribution in [2.45, 2.75) is 64.5 Å². The number of hydrogen-bond acceptors (Lipinski definition) is 2. The van der Waals surface area contributed by atoms with Crippen LogP contribution in [0.3, 0.4) is 0 Å². The summed E-state index contributed by atoms with van der Waals surface area (Å²) >= 11 is 0. The fraction of sp³-hybridized carbons (Fsp3) is 0.933. The zero-order valence-electron chi connectivity index (χ0n) is 12.2. The third kappa shape index (κ3) is 2.87. The molecule has 0 aromatic heterocycles. The van der Waals surface area contributed by atoms with Gasteiger partial charge < -0.3 is 9.80 Å². The van der Waals surface area contributed by atoms with E-state index in [2.05, 4.69) is 30.7 Å². The lowest BCUT2D eigenvalue weighted by molar-refractivity contribution is -0.139. The van der Waals surface area contributed by atoms with E-state index >= 15 is 0 Å². The molecule has 2 rings (SSSR count). The number of amides is 1. The molecule has 1 saturated carbocycles. The molecule has 2 fully saturated rings. The summed E-state index contributed by atoms with van der Waals surface area (Å²) in [5.74, 6) is 0.709. The van der Waals surface area contributed by atoms with Crippen LogP contribution in [-0.2, 0) is 4.79 Å². The van der Waals surface area contributed by atoms with Crippen LogP contribution < -0.4 is 0 Å². The monoisotopic (exact) mass is 252 g/mol. The maximum absolute atomic E-state index is 12.7. The molecule has 0 N–H and O–H groups in total. The van der Waals surface area contributed by atoms with Gasteiger partial charge in [-0.3, -0.25) is 4.79 Å². The summed E-state index contributed by atoms with van der Waals surface area (Å²) in [7, 11) is 2.17. The Morgan fingerprint density at radius 3 is 2.50 bits per heavy atom. The average molecular weight is 252 g/mol. The second-order valence-electron chi connectivity index (χ2n) is 6.11. The largest absolute Gasteiger partial charge is 0.340 e. The zero-order chi connectivity index (χ0) is 13.1. The number of carbonyl (C=O) groups is 1. The average Bonchev–Trinajstić information content (AvgIpc) is 2.87. The molecule has 2 atom stereocenters. The summed E-state index contributed by atoms with van der Waals surface area (Å²) in [6.07, 6.45) is 7.14. The van der Waals surface area contributed by atoms with Gasteiger partial charge in [0.15, 0.2) is 0 Å². The lowest BCUT2D eigenvalue weighted by atomic mass is 9.90. The van der Waals surface area contributed by atoms with Crippen molar-refractivity contribution >= 4 is 5.91 Å². The van der Waals surface area contributed by atoms with Gasteiger partial charge in [0.2, 0.25) is 5.91 Å². The van der Waals surface area contributed by atoms with E-state index in [0.29, 0.717) is 18.0 Å². The molecule has 1 aliphatic carbocycles. The Labute approximate surface area is 112 Å². The van der Waals surface area contributed by atoms with Crippen LogP contribution in [0, 0.1) is 5.92 Å². The molecule has 104 valence electrons. The molecule has 3 nitrogen and oxygen atoms in total. The molecule has 2 aliphatic rings. The zero-order valence-corrected chi connectivity index (χ0v) is 12.2. The van der Waals surface area contributed by atoms with Gasteiger partial charge in [-0.25, -0.2) is 0 Å². The van der Waals surface area contributed by atoms with Crippen molar-refractivity contribution in [3.05, 3.63) is 0 Å². The molecule has 0 radical (unpaired) electrons. The van der Waals surface area contributed by atoms with Crippen molar-refractivity contribution in [3.63, 3.8) is 0 Å². The molecule has 0 unspecified atom stereocenters. The van der Waals surface area contributed by atoms with E-state index in [-0.39, 0.29) is 5.92 Å². The highest BCUT2D eigenvalue weighted by atomic mass is 16.2. The molecule has 0 bridgehead atoms. The van der Waals surface area contributed by atoms with E-state index in [1.807, 2.05) is 0 Å². The Bertz CT molecular complexity index is 286. The Morgan fingerprint density at radius 1 is 1.28 bits per heavy atom. The van der Waals surface area contributed by atoms with E-state index < -0.39 is 0 Å². The van der Waals surface area contributed by atoms with Gasteiger partial charge in [0.1, 0.15) is 0 Å². The van der Waals surface area contributed by atoms with Gasteiger partial charge in [0.05, 0.1) is 0 Å². The standard InChI is InChI=1S/C15H28N2O/c1-4-17(14-7-5-6-8-14)15(18)13-9-10-16(3)12(2)11-13/h12-14H,4-11H2,1-3H3/t12-,13-/m0/s1. The molecule has 3 heteroatoms. The predicted molar refractivity (Wildman–Crippen MR) is 74.5 cm³/mol. The van der Waals surface area contributed by atoms with Crippen LogP contribution in [0.5, 0.6) is 0 Å². The third-order valence-electron chi connectivity index (χ3n) is 4.95. The minimum absolute atomic E-state index is 0.275. The quantitative estimate of drug-likeness (QED) is 0.770. The number of piperidine rings is 1. The van der Waals surface area contributed by atoms with Crippen molar-refractivity contribution in [2.75, 3.05) is 20.1 Å². The first-order valence-corrected chi connectivity index (χ1v) is 7.64. The Kier molecular flexibility index (Phi) is 4.66. The van der Waals surface area contributed by atoms with Crippen molar-refractivity contribution in [3.8, 4) is 0 Å². The van der Waals surface area contributed by atoms with E-state index in [1.54, 1.807) is 0 Å². The van der Waals surface area contributed by atoms with Gasteiger partial charge in [-0.05, 0) is 53.1 Å². The van der Waals surface area contributed by atoms with Gasteiger partial charge in [-0.1, -0.05) is 12.8 Å². The summed E-state index contributed by atoms with van der Waals surface area (Å²) < 4.78 is 0. The summed E-state index contributed by atoms with van der Waals surface area (Å²) in [6, 6.07) is 1.09. The van der Waals surface area contributed by atoms with E-state index in [4.69, 9.17) is 0 Å². The highest BCUT2D eigenvalue weighted by Crippen LogP contribution is 2.28. The number of carbonyl (C=O) groups excluding carboxylic acids is 1. The molecule has 1 aliphatic heterocycles. The number of likely N-dealkylation sites (tertiary alicyclic amines) is 1. The van der Waals surface area contributed by atoms with Crippen LogP contribution in [0.2, 0.25) is 0 Å². The van der Waals surface area contributed by atoms with Gasteiger partial charge in [0.25, 0.3) is 0 Å². The normalized spacial score (nSPS) is 30.6. The van der Waals surface area contributed by atoms with Gasteiger partial charge >= 0.3 is 0 Å². The molecule has 0 aromatic rings. The highest BCUT2D eigenvalue weighted by Gasteiger charge is 2.33. The molecule has 0 aromatic carbocycles. The molecule has 0 spiro atoms. The topological polar surface area (TPSA) is 23.6 Å². The lowest BCUT2D eigenvalue weighted by Gasteiger charge is -2.38. The molecular weight excluding hydrogens is 224 g/mol. The molecule has 1 heterocycles. The maximum Gasteiger partial charge on any atom is 0.226 e. The molecule has 18 heavy (non-hydrogen) atoms. The summed E-state index contributed by atoms with van der Waals surface area (Å²) in [5.41, 5.74) is 0. The first-order chi connectivity index (χ1) is 8.63. The number of hydrogen-bond donors (Lipinski definition) is 0. The van der Waals surface area contributed by atoms with Crippen molar-refractivity contribution in [1.29, 1.82) is 0 Å². The Hall–Kier alpha value is -0.570. The first kappa shape index (κ1) is 13.9. The minimum atomic E-state index is 0.275. The predicted octanol–water partition coefficient (Wildman–Crippen LogP) is 2.51. The van der Waals surface area contributed by atoms with Crippen LogP contribution in [0.15, 0.2) is 0 Å². The van der Waals surface area contributed by atoms with Gasteiger partial charge in [-0.2, -0.15) is 0 Å². The van der Waals surface area contributed by atoms with Crippen LogP contribution >= 0.6 is 0 Å². The van der Waals surface area contributed by atoms with Crippen LogP contribution in [0.25, 0.3) is 0 Å². The molecule has 1 saturated heterocycles. The second-order valence-corrected chi connectivity index (χ2v) is 6.11. The Balaban J connectivity index is 1.96. The number of rotatable bonds is 3. The second kappa shape index (κ2) is 6.05. The van der Waals surface area contributed by atoms with E-state index in [0.717, 1.165) is 25.9 Å². The van der Waals surface area contributed by atoms with Crippen LogP contribution in [0.1, 0.15) is 52.4 Å². The summed E-state index contributed by atoms with van der Waals surface area (Å²) in [4.78, 5) is 17.2. The summed E-state index contributed by atoms with van der Waals surface area (Å²) in [6.45, 7) is 6.34. The summed E-state index contributed by atoms with van der Waals surface area (Å²) in [5, 5.41) is 0. The fourth-order valence-corrected chi connectivity index (χ4v) is 3.56. The smallest absolute Gasteiger partial charge is 0.226 e. The van der Waals surface area contributed by atoms with Crippen molar-refractivity contribution < 1.29 is 4.79 Å². The van der Waals surface area contributed by atoms with Crippen LogP contribution in [0.4, 0.5) is 0 Å². The molecular formula is C15H28N2O. The van der Waals surface area contributed by atoms with E-state index in [9.17, 15) is 4.79 Å². The van der Waals surface area contributed by atoms with Crippen LogP contribution in [-0.4, -0.2) is 47.9 Å². The minimum Gasteiger partial charge on any atom is -0.340 e. The van der Waals surface area contributed by atoms with E-state index in [1.165, 1.54) is 25.7 Å². The van der Waals surface area contributed by atoms with Gasteiger partial charge in [0, 0.05) is 24.5 Å². The van der Waals surface area contributed by atoms with Gasteiger partial charge in [-0.15, -0.1) is 0 Å². The fourth-order valence-electron chi connectivity index (χ4n) is 3.56.